The average Bonchev–Trinajstić information content (AvgIpc) is 3.14. The Morgan fingerprint density at radius 1 is 1.11 bits per heavy atom. The van der Waals surface area contributed by atoms with Crippen molar-refractivity contribution >= 4 is 38.5 Å². The van der Waals surface area contributed by atoms with Crippen LogP contribution in [0.15, 0.2) is 77.7 Å². The Morgan fingerprint density at radius 3 is 2.47 bits per heavy atom. The molecule has 3 aromatic carbocycles. The maximum absolute atomic E-state index is 13.1. The lowest BCUT2D eigenvalue weighted by Crippen LogP contribution is -2.42. The Balaban J connectivity index is 1.64. The third-order valence-corrected chi connectivity index (χ3v) is 7.95. The molecule has 1 aromatic heterocycles. The lowest BCUT2D eigenvalue weighted by Gasteiger charge is -2.16. The van der Waals surface area contributed by atoms with Gasteiger partial charge in [-0.3, -0.25) is 4.79 Å². The zero-order chi connectivity index (χ0) is 27.3. The summed E-state index contributed by atoms with van der Waals surface area (Å²) in [6, 6.07) is 19.7. The van der Waals surface area contributed by atoms with Crippen LogP contribution in [-0.2, 0) is 27.8 Å². The Bertz CT molecular complexity index is 1620. The highest BCUT2D eigenvalue weighted by molar-refractivity contribution is 7.89. The Labute approximate surface area is 227 Å². The van der Waals surface area contributed by atoms with Crippen molar-refractivity contribution in [1.82, 2.24) is 9.29 Å². The number of sulfonamides is 1. The quantitative estimate of drug-likeness (QED) is 0.270. The van der Waals surface area contributed by atoms with Gasteiger partial charge in [-0.2, -0.15) is 4.72 Å². The molecule has 2 N–H and O–H groups in total. The van der Waals surface area contributed by atoms with Crippen LogP contribution in [0.1, 0.15) is 23.7 Å². The lowest BCUT2D eigenvalue weighted by atomic mass is 10.0. The van der Waals surface area contributed by atoms with Crippen LogP contribution in [0.3, 0.4) is 0 Å². The summed E-state index contributed by atoms with van der Waals surface area (Å²) in [5.41, 5.74) is 3.53. The van der Waals surface area contributed by atoms with Gasteiger partial charge in [-0.15, -0.1) is 5.92 Å². The zero-order valence-electron chi connectivity index (χ0n) is 20.9. The summed E-state index contributed by atoms with van der Waals surface area (Å²) >= 11 is 6.30. The number of hydrogen-bond acceptors (Lipinski definition) is 4. The molecular formula is C29H27ClN2O5S. The van der Waals surface area contributed by atoms with Gasteiger partial charge in [0.05, 0.1) is 4.90 Å². The van der Waals surface area contributed by atoms with E-state index in [0.717, 1.165) is 22.2 Å². The van der Waals surface area contributed by atoms with E-state index in [9.17, 15) is 18.3 Å². The third-order valence-electron chi connectivity index (χ3n) is 6.23. The molecular weight excluding hydrogens is 524 g/mol. The molecule has 0 aliphatic rings. The summed E-state index contributed by atoms with van der Waals surface area (Å²) in [4.78, 5) is 12.2. The second-order valence-electron chi connectivity index (χ2n) is 8.70. The van der Waals surface area contributed by atoms with E-state index >= 15 is 0 Å². The number of ether oxygens (including phenoxy) is 1. The molecule has 9 heteroatoms. The molecule has 0 saturated carbocycles. The van der Waals surface area contributed by atoms with Crippen LogP contribution >= 0.6 is 11.6 Å². The fourth-order valence-corrected chi connectivity index (χ4v) is 5.66. The maximum atomic E-state index is 13.1. The van der Waals surface area contributed by atoms with Crippen molar-refractivity contribution in [3.63, 3.8) is 0 Å². The van der Waals surface area contributed by atoms with Gasteiger partial charge >= 0.3 is 5.97 Å². The molecule has 38 heavy (non-hydrogen) atoms. The number of halogens is 1. The van der Waals surface area contributed by atoms with Gasteiger partial charge < -0.3 is 14.4 Å². The van der Waals surface area contributed by atoms with E-state index in [1.165, 1.54) is 24.3 Å². The van der Waals surface area contributed by atoms with Crippen LogP contribution in [0.4, 0.5) is 0 Å². The number of aliphatic carboxylic acids is 1. The molecule has 0 radical (unpaired) electrons. The first-order valence-electron chi connectivity index (χ1n) is 11.9. The van der Waals surface area contributed by atoms with Gasteiger partial charge in [-0.05, 0) is 67.4 Å². The van der Waals surface area contributed by atoms with Crippen LogP contribution < -0.4 is 9.46 Å². The second-order valence-corrected chi connectivity index (χ2v) is 10.9. The zero-order valence-corrected chi connectivity index (χ0v) is 22.5. The summed E-state index contributed by atoms with van der Waals surface area (Å²) in [5.74, 6) is 4.65. The minimum Gasteiger partial charge on any atom is -0.481 e. The van der Waals surface area contributed by atoms with Crippen molar-refractivity contribution in [3.05, 3.63) is 94.6 Å². The Kier molecular flexibility index (Phi) is 8.42. The normalized spacial score (nSPS) is 12.1. The number of benzene rings is 3. The number of hydrogen-bond donors (Lipinski definition) is 2. The molecule has 0 aliphatic carbocycles. The molecule has 0 fully saturated rings. The summed E-state index contributed by atoms with van der Waals surface area (Å²) in [6.45, 7) is 4.36. The predicted molar refractivity (Wildman–Crippen MR) is 148 cm³/mol. The first-order chi connectivity index (χ1) is 18.2. The first kappa shape index (κ1) is 27.3. The van der Waals surface area contributed by atoms with Gasteiger partial charge in [-0.25, -0.2) is 8.42 Å². The molecule has 0 bridgehead atoms. The van der Waals surface area contributed by atoms with E-state index in [-0.39, 0.29) is 17.9 Å². The SMILES string of the molecule is CC#CCOc1ccc(S(=O)(=O)NC(Cc2c(C)n(Cc3ccccc3)c3ccc(Cl)cc23)C(=O)O)cc1. The topological polar surface area (TPSA) is 97.6 Å². The van der Waals surface area contributed by atoms with Gasteiger partial charge in [0, 0.05) is 34.6 Å². The standard InChI is InChI=1S/C29H27ClN2O5S/c1-3-4-16-37-23-11-13-24(14-12-23)38(35,36)31-27(29(33)34)18-25-20(2)32(19-21-8-6-5-7-9-21)28-15-10-22(30)17-26(25)28/h5-15,17,27,31H,16,18-19H2,1-2H3,(H,33,34). The molecule has 0 saturated heterocycles. The van der Waals surface area contributed by atoms with E-state index in [2.05, 4.69) is 21.1 Å². The molecule has 0 amide bonds. The highest BCUT2D eigenvalue weighted by atomic mass is 35.5. The summed E-state index contributed by atoms with van der Waals surface area (Å²) in [5, 5.41) is 11.3. The molecule has 196 valence electrons. The summed E-state index contributed by atoms with van der Waals surface area (Å²) in [6.07, 6.45) is -0.0596. The summed E-state index contributed by atoms with van der Waals surface area (Å²) < 4.78 is 36.1. The van der Waals surface area contributed by atoms with Crippen LogP contribution in [0.25, 0.3) is 10.9 Å². The number of nitrogens with one attached hydrogen (secondary N) is 1. The molecule has 1 atom stereocenters. The van der Waals surface area contributed by atoms with Crippen molar-refractivity contribution in [2.45, 2.75) is 37.8 Å². The molecule has 0 spiro atoms. The molecule has 1 unspecified atom stereocenters. The molecule has 4 rings (SSSR count). The third kappa shape index (κ3) is 6.20. The maximum Gasteiger partial charge on any atom is 0.322 e. The Hall–Kier alpha value is -3.77. The number of carboxylic acid groups (broad SMARTS) is 1. The molecule has 7 nitrogen and oxygen atoms in total. The highest BCUT2D eigenvalue weighted by Gasteiger charge is 2.28. The van der Waals surface area contributed by atoms with Crippen LogP contribution in [0.2, 0.25) is 5.02 Å². The smallest absolute Gasteiger partial charge is 0.322 e. The summed E-state index contributed by atoms with van der Waals surface area (Å²) in [7, 11) is -4.13. The van der Waals surface area contributed by atoms with E-state index in [1.807, 2.05) is 43.3 Å². The highest BCUT2D eigenvalue weighted by Crippen LogP contribution is 2.31. The molecule has 0 aliphatic heterocycles. The van der Waals surface area contributed by atoms with Crippen LogP contribution in [0, 0.1) is 18.8 Å². The van der Waals surface area contributed by atoms with Gasteiger partial charge in [0.1, 0.15) is 18.4 Å². The van der Waals surface area contributed by atoms with Gasteiger partial charge in [0.2, 0.25) is 10.0 Å². The number of aromatic nitrogens is 1. The van der Waals surface area contributed by atoms with Crippen molar-refractivity contribution < 1.29 is 23.1 Å². The largest absolute Gasteiger partial charge is 0.481 e. The van der Waals surface area contributed by atoms with Crippen molar-refractivity contribution in [3.8, 4) is 17.6 Å². The number of rotatable bonds is 10. The monoisotopic (exact) mass is 550 g/mol. The predicted octanol–water partition coefficient (Wildman–Crippen LogP) is 5.03. The minimum atomic E-state index is -4.13. The van der Waals surface area contributed by atoms with E-state index in [4.69, 9.17) is 16.3 Å². The molecule has 1 heterocycles. The average molecular weight is 551 g/mol. The lowest BCUT2D eigenvalue weighted by molar-refractivity contribution is -0.138. The minimum absolute atomic E-state index is 0.0596. The number of carboxylic acids is 1. The molecule has 4 aromatic rings. The van der Waals surface area contributed by atoms with Gasteiger partial charge in [0.25, 0.3) is 0 Å². The fraction of sp³-hybridized carbons (Fsp3) is 0.207. The van der Waals surface area contributed by atoms with Crippen molar-refractivity contribution in [2.24, 2.45) is 0 Å². The first-order valence-corrected chi connectivity index (χ1v) is 13.7. The Morgan fingerprint density at radius 2 is 1.82 bits per heavy atom. The van der Waals surface area contributed by atoms with Crippen LogP contribution in [-0.4, -0.2) is 36.7 Å². The number of nitrogens with zero attached hydrogens (tertiary/aromatic N) is 1. The number of fused-ring (bicyclic) bond motifs is 1. The van der Waals surface area contributed by atoms with Gasteiger partial charge in [0.15, 0.2) is 0 Å². The fourth-order valence-electron chi connectivity index (χ4n) is 4.30. The number of carbonyl (C=O) groups is 1. The van der Waals surface area contributed by atoms with Gasteiger partial charge in [-0.1, -0.05) is 47.9 Å². The van der Waals surface area contributed by atoms with E-state index < -0.39 is 22.0 Å². The van der Waals surface area contributed by atoms with Crippen LogP contribution in [0.5, 0.6) is 5.75 Å². The van der Waals surface area contributed by atoms with Crippen molar-refractivity contribution in [1.29, 1.82) is 0 Å². The van der Waals surface area contributed by atoms with Crippen molar-refractivity contribution in [2.75, 3.05) is 6.61 Å². The van der Waals surface area contributed by atoms with E-state index in [1.54, 1.807) is 19.1 Å². The van der Waals surface area contributed by atoms with E-state index in [0.29, 0.717) is 22.9 Å². The second kappa shape index (κ2) is 11.7.